The number of likely N-dealkylation sites (tertiary alicyclic amines) is 1. The van der Waals surface area contributed by atoms with E-state index in [1.165, 1.54) is 0 Å². The lowest BCUT2D eigenvalue weighted by Crippen LogP contribution is -2.44. The van der Waals surface area contributed by atoms with Gasteiger partial charge in [0.25, 0.3) is 5.91 Å². The van der Waals surface area contributed by atoms with E-state index < -0.39 is 0 Å². The summed E-state index contributed by atoms with van der Waals surface area (Å²) in [5, 5.41) is 4.13. The van der Waals surface area contributed by atoms with E-state index in [9.17, 15) is 4.79 Å². The largest absolute Gasteiger partial charge is 0.339 e. The Morgan fingerprint density at radius 3 is 2.56 bits per heavy atom. The maximum absolute atomic E-state index is 12.4. The highest BCUT2D eigenvalue weighted by Gasteiger charge is 2.31. The summed E-state index contributed by atoms with van der Waals surface area (Å²) >= 11 is 0. The fraction of sp³-hybridized carbons (Fsp3) is 0.692. The molecule has 5 nitrogen and oxygen atoms in total. The number of hydrogen-bond donors (Lipinski definition) is 1. The molecule has 1 fully saturated rings. The van der Waals surface area contributed by atoms with Crippen LogP contribution < -0.4 is 5.73 Å². The molecule has 1 aliphatic rings. The summed E-state index contributed by atoms with van der Waals surface area (Å²) in [6, 6.07) is 0. The molecule has 2 N–H and O–H groups in total. The van der Waals surface area contributed by atoms with Gasteiger partial charge in [0, 0.05) is 25.8 Å². The summed E-state index contributed by atoms with van der Waals surface area (Å²) in [5.41, 5.74) is 7.62. The monoisotopic (exact) mass is 250 g/mol. The van der Waals surface area contributed by atoms with Crippen LogP contribution in [0.1, 0.15) is 35.8 Å². The Morgan fingerprint density at radius 2 is 2.11 bits per heavy atom. The lowest BCUT2D eigenvalue weighted by Gasteiger charge is -2.38. The van der Waals surface area contributed by atoms with Crippen LogP contribution in [0.3, 0.4) is 0 Å². The molecule has 1 aromatic heterocycles. The van der Waals surface area contributed by atoms with Gasteiger partial charge in [-0.3, -0.25) is 9.48 Å². The standard InChI is InChI=1S/C13H22N4O/c1-10-11(8-15-16(10)3)12(18)17-6-4-13(2,9-14)5-7-17/h8H,4-7,9,14H2,1-3H3. The highest BCUT2D eigenvalue weighted by atomic mass is 16.2. The highest BCUT2D eigenvalue weighted by molar-refractivity contribution is 5.95. The molecule has 5 heteroatoms. The van der Waals surface area contributed by atoms with E-state index in [0.717, 1.165) is 31.6 Å². The third-order valence-corrected chi connectivity index (χ3v) is 4.22. The lowest BCUT2D eigenvalue weighted by atomic mass is 9.80. The van der Waals surface area contributed by atoms with Gasteiger partial charge in [0.15, 0.2) is 0 Å². The molecule has 1 aromatic rings. The number of rotatable bonds is 2. The van der Waals surface area contributed by atoms with Crippen molar-refractivity contribution in [2.45, 2.75) is 26.7 Å². The number of nitrogens with two attached hydrogens (primary N) is 1. The highest BCUT2D eigenvalue weighted by Crippen LogP contribution is 2.30. The molecule has 1 amide bonds. The molecular formula is C13H22N4O. The second-order valence-corrected chi connectivity index (χ2v) is 5.57. The van der Waals surface area contributed by atoms with Crippen molar-refractivity contribution in [3.63, 3.8) is 0 Å². The van der Waals surface area contributed by atoms with E-state index in [1.54, 1.807) is 10.9 Å². The van der Waals surface area contributed by atoms with Crippen molar-refractivity contribution in [2.75, 3.05) is 19.6 Å². The number of carbonyl (C=O) groups excluding carboxylic acids is 1. The van der Waals surface area contributed by atoms with Gasteiger partial charge in [0.1, 0.15) is 0 Å². The predicted octanol–water partition coefficient (Wildman–Crippen LogP) is 0.930. The van der Waals surface area contributed by atoms with Gasteiger partial charge in [-0.15, -0.1) is 0 Å². The van der Waals surface area contributed by atoms with Crippen LogP contribution in [0.25, 0.3) is 0 Å². The van der Waals surface area contributed by atoms with Gasteiger partial charge in [0.2, 0.25) is 0 Å². The van der Waals surface area contributed by atoms with Crippen molar-refractivity contribution in [2.24, 2.45) is 18.2 Å². The van der Waals surface area contributed by atoms with Crippen molar-refractivity contribution < 1.29 is 4.79 Å². The molecule has 1 aliphatic heterocycles. The molecule has 0 bridgehead atoms. The minimum absolute atomic E-state index is 0.0969. The van der Waals surface area contributed by atoms with Crippen LogP contribution in [-0.2, 0) is 7.05 Å². The smallest absolute Gasteiger partial charge is 0.257 e. The third-order valence-electron chi connectivity index (χ3n) is 4.22. The molecule has 0 spiro atoms. The van der Waals surface area contributed by atoms with Gasteiger partial charge in [0.05, 0.1) is 11.8 Å². The molecule has 0 aromatic carbocycles. The van der Waals surface area contributed by atoms with E-state index in [4.69, 9.17) is 5.73 Å². The van der Waals surface area contributed by atoms with Crippen LogP contribution in [0.2, 0.25) is 0 Å². The number of aryl methyl sites for hydroxylation is 1. The average molecular weight is 250 g/mol. The summed E-state index contributed by atoms with van der Waals surface area (Å²) in [6.45, 7) is 6.40. The molecule has 1 saturated heterocycles. The van der Waals surface area contributed by atoms with Crippen molar-refractivity contribution >= 4 is 5.91 Å². The Morgan fingerprint density at radius 1 is 1.50 bits per heavy atom. The van der Waals surface area contributed by atoms with Gasteiger partial charge >= 0.3 is 0 Å². The first-order valence-electron chi connectivity index (χ1n) is 6.45. The van der Waals surface area contributed by atoms with Gasteiger partial charge in [-0.2, -0.15) is 5.10 Å². The second-order valence-electron chi connectivity index (χ2n) is 5.57. The molecule has 0 saturated carbocycles. The zero-order chi connectivity index (χ0) is 13.3. The molecule has 2 heterocycles. The summed E-state index contributed by atoms with van der Waals surface area (Å²) in [4.78, 5) is 14.3. The number of aromatic nitrogens is 2. The molecule has 0 atom stereocenters. The topological polar surface area (TPSA) is 64.2 Å². The first-order chi connectivity index (χ1) is 8.47. The second kappa shape index (κ2) is 4.72. The Balaban J connectivity index is 2.06. The minimum Gasteiger partial charge on any atom is -0.339 e. The summed E-state index contributed by atoms with van der Waals surface area (Å²) < 4.78 is 1.74. The van der Waals surface area contributed by atoms with E-state index in [2.05, 4.69) is 12.0 Å². The number of nitrogens with zero attached hydrogens (tertiary/aromatic N) is 3. The molecule has 0 unspecified atom stereocenters. The van der Waals surface area contributed by atoms with Crippen LogP contribution in [0.4, 0.5) is 0 Å². The molecule has 2 rings (SSSR count). The molecule has 100 valence electrons. The summed E-state index contributed by atoms with van der Waals surface area (Å²) in [6.07, 6.45) is 3.62. The summed E-state index contributed by atoms with van der Waals surface area (Å²) in [7, 11) is 1.85. The van der Waals surface area contributed by atoms with E-state index >= 15 is 0 Å². The van der Waals surface area contributed by atoms with Gasteiger partial charge in [-0.05, 0) is 31.7 Å². The third kappa shape index (κ3) is 2.27. The van der Waals surface area contributed by atoms with E-state index in [1.807, 2.05) is 18.9 Å². The maximum atomic E-state index is 12.4. The fourth-order valence-corrected chi connectivity index (χ4v) is 2.33. The molecular weight excluding hydrogens is 228 g/mol. The van der Waals surface area contributed by atoms with E-state index in [-0.39, 0.29) is 11.3 Å². The zero-order valence-electron chi connectivity index (χ0n) is 11.4. The first-order valence-corrected chi connectivity index (χ1v) is 6.45. The van der Waals surface area contributed by atoms with Crippen LogP contribution in [0.15, 0.2) is 6.20 Å². The number of piperidine rings is 1. The van der Waals surface area contributed by atoms with Crippen LogP contribution >= 0.6 is 0 Å². The Bertz CT molecular complexity index is 444. The number of hydrogen-bond acceptors (Lipinski definition) is 3. The molecule has 0 radical (unpaired) electrons. The zero-order valence-corrected chi connectivity index (χ0v) is 11.4. The van der Waals surface area contributed by atoms with Crippen LogP contribution in [0.5, 0.6) is 0 Å². The summed E-state index contributed by atoms with van der Waals surface area (Å²) in [5.74, 6) is 0.0969. The van der Waals surface area contributed by atoms with Crippen molar-refractivity contribution in [3.05, 3.63) is 17.5 Å². The SMILES string of the molecule is Cc1c(C(=O)N2CCC(C)(CN)CC2)cnn1C. The van der Waals surface area contributed by atoms with Gasteiger partial charge in [-0.25, -0.2) is 0 Å². The van der Waals surface area contributed by atoms with Crippen molar-refractivity contribution in [1.82, 2.24) is 14.7 Å². The van der Waals surface area contributed by atoms with Gasteiger partial charge in [-0.1, -0.05) is 6.92 Å². The van der Waals surface area contributed by atoms with E-state index in [0.29, 0.717) is 12.1 Å². The number of carbonyl (C=O) groups is 1. The predicted molar refractivity (Wildman–Crippen MR) is 70.2 cm³/mol. The average Bonchev–Trinajstić information content (AvgIpc) is 2.70. The van der Waals surface area contributed by atoms with Crippen LogP contribution in [-0.4, -0.2) is 40.2 Å². The Labute approximate surface area is 108 Å². The van der Waals surface area contributed by atoms with Crippen molar-refractivity contribution in [3.8, 4) is 0 Å². The molecule has 0 aliphatic carbocycles. The Hall–Kier alpha value is -1.36. The maximum Gasteiger partial charge on any atom is 0.257 e. The van der Waals surface area contributed by atoms with Crippen LogP contribution in [0, 0.1) is 12.3 Å². The quantitative estimate of drug-likeness (QED) is 0.849. The fourth-order valence-electron chi connectivity index (χ4n) is 2.33. The lowest BCUT2D eigenvalue weighted by molar-refractivity contribution is 0.0617. The Kier molecular flexibility index (Phi) is 3.43. The minimum atomic E-state index is 0.0969. The molecule has 18 heavy (non-hydrogen) atoms. The first kappa shape index (κ1) is 13.1. The normalized spacial score (nSPS) is 19.0. The van der Waals surface area contributed by atoms with Gasteiger partial charge < -0.3 is 10.6 Å². The van der Waals surface area contributed by atoms with Crippen molar-refractivity contribution in [1.29, 1.82) is 0 Å². The number of amides is 1.